The van der Waals surface area contributed by atoms with Crippen molar-refractivity contribution in [3.8, 4) is 6.07 Å². The molecule has 3 nitrogen and oxygen atoms in total. The van der Waals surface area contributed by atoms with Crippen molar-refractivity contribution in [3.05, 3.63) is 72.8 Å². The molecule has 0 fully saturated rings. The van der Waals surface area contributed by atoms with Crippen molar-refractivity contribution in [1.82, 2.24) is 0 Å². The van der Waals surface area contributed by atoms with E-state index in [1.54, 1.807) is 0 Å². The Morgan fingerprint density at radius 1 is 1.07 bits per heavy atom. The molecule has 0 aromatic heterocycles. The lowest BCUT2D eigenvalue weighted by molar-refractivity contribution is -0.116. The summed E-state index contributed by atoms with van der Waals surface area (Å²) in [6.45, 7) is 7.09. The summed E-state index contributed by atoms with van der Waals surface area (Å²) in [6, 6.07) is 23.2. The van der Waals surface area contributed by atoms with Crippen molar-refractivity contribution in [1.29, 1.82) is 5.26 Å². The van der Waals surface area contributed by atoms with Crippen molar-refractivity contribution in [2.24, 2.45) is 11.3 Å². The van der Waals surface area contributed by atoms with E-state index in [1.807, 2.05) is 18.2 Å². The maximum absolute atomic E-state index is 11.9. The molecule has 0 bridgehead atoms. The van der Waals surface area contributed by atoms with E-state index >= 15 is 0 Å². The van der Waals surface area contributed by atoms with E-state index in [0.717, 1.165) is 6.29 Å². The number of nitriles is 1. The van der Waals surface area contributed by atoms with Crippen molar-refractivity contribution < 1.29 is 9.22 Å². The molecule has 3 rings (SSSR count). The van der Waals surface area contributed by atoms with Crippen molar-refractivity contribution >= 4 is 25.0 Å². The zero-order valence-electron chi connectivity index (χ0n) is 17.5. The van der Waals surface area contributed by atoms with Crippen LogP contribution in [0.15, 0.2) is 72.8 Å². The van der Waals surface area contributed by atoms with Crippen LogP contribution >= 0.6 is 0 Å². The highest BCUT2D eigenvalue weighted by molar-refractivity contribution is 6.99. The molecule has 0 aliphatic heterocycles. The van der Waals surface area contributed by atoms with Crippen LogP contribution < -0.4 is 10.4 Å². The Bertz CT molecular complexity index is 856. The molecule has 0 saturated carbocycles. The van der Waals surface area contributed by atoms with E-state index in [9.17, 15) is 10.1 Å². The van der Waals surface area contributed by atoms with E-state index < -0.39 is 13.7 Å². The molecule has 0 heterocycles. The van der Waals surface area contributed by atoms with E-state index in [1.165, 1.54) is 10.4 Å². The van der Waals surface area contributed by atoms with Crippen LogP contribution in [0.2, 0.25) is 5.04 Å². The first-order valence-electron chi connectivity index (χ1n) is 10.2. The van der Waals surface area contributed by atoms with Gasteiger partial charge in [0, 0.05) is 12.5 Å². The van der Waals surface area contributed by atoms with Gasteiger partial charge >= 0.3 is 0 Å². The van der Waals surface area contributed by atoms with Crippen LogP contribution in [0.1, 0.15) is 33.6 Å². The topological polar surface area (TPSA) is 50.1 Å². The largest absolute Gasteiger partial charge is 0.407 e. The van der Waals surface area contributed by atoms with Crippen molar-refractivity contribution in [2.75, 3.05) is 6.61 Å². The van der Waals surface area contributed by atoms with Gasteiger partial charge in [0.1, 0.15) is 11.7 Å². The minimum absolute atomic E-state index is 0.128. The summed E-state index contributed by atoms with van der Waals surface area (Å²) in [4.78, 5) is 11.9. The number of benzene rings is 2. The highest BCUT2D eigenvalue weighted by Crippen LogP contribution is 2.40. The van der Waals surface area contributed by atoms with E-state index in [0.29, 0.717) is 19.4 Å². The summed E-state index contributed by atoms with van der Waals surface area (Å²) in [5, 5.41) is 12.1. The van der Waals surface area contributed by atoms with Crippen LogP contribution in [0.5, 0.6) is 0 Å². The highest BCUT2D eigenvalue weighted by atomic mass is 28.4. The monoisotopic (exact) mass is 403 g/mol. The molecule has 1 aliphatic rings. The average molecular weight is 404 g/mol. The quantitative estimate of drug-likeness (QED) is 0.412. The highest BCUT2D eigenvalue weighted by Gasteiger charge is 2.51. The van der Waals surface area contributed by atoms with E-state index in [4.69, 9.17) is 4.43 Å². The van der Waals surface area contributed by atoms with Gasteiger partial charge in [-0.2, -0.15) is 5.26 Å². The third-order valence-electron chi connectivity index (χ3n) is 6.11. The van der Waals surface area contributed by atoms with E-state index in [-0.39, 0.29) is 11.0 Å². The molecule has 150 valence electrons. The van der Waals surface area contributed by atoms with Gasteiger partial charge in [-0.15, -0.1) is 0 Å². The first-order chi connectivity index (χ1) is 13.9. The molecule has 0 saturated heterocycles. The molecular weight excluding hydrogens is 374 g/mol. The zero-order chi connectivity index (χ0) is 21.0. The van der Waals surface area contributed by atoms with Crippen LogP contribution in [0.4, 0.5) is 0 Å². The normalized spacial score (nSPS) is 22.1. The molecule has 0 spiro atoms. The summed E-state index contributed by atoms with van der Waals surface area (Å²) in [7, 11) is -2.67. The van der Waals surface area contributed by atoms with E-state index in [2.05, 4.69) is 81.4 Å². The summed E-state index contributed by atoms with van der Waals surface area (Å²) in [5.41, 5.74) is -1.000. The molecule has 0 radical (unpaired) electrons. The fourth-order valence-electron chi connectivity index (χ4n) is 4.43. The number of rotatable bonds is 6. The lowest BCUT2D eigenvalue weighted by Crippen LogP contribution is -2.67. The first-order valence-corrected chi connectivity index (χ1v) is 12.1. The van der Waals surface area contributed by atoms with Crippen molar-refractivity contribution in [2.45, 2.75) is 38.7 Å². The fraction of sp³-hybridized carbons (Fsp3) is 0.360. The molecule has 2 aromatic rings. The number of aldehydes is 1. The molecule has 4 heteroatoms. The second kappa shape index (κ2) is 8.48. The number of carbonyl (C=O) groups is 1. The van der Waals surface area contributed by atoms with Gasteiger partial charge in [-0.3, -0.25) is 0 Å². The number of allylic oxidation sites excluding steroid dienone is 2. The second-order valence-corrected chi connectivity index (χ2v) is 13.2. The Morgan fingerprint density at radius 2 is 1.62 bits per heavy atom. The van der Waals surface area contributed by atoms with Gasteiger partial charge in [-0.05, 0) is 28.3 Å². The fourth-order valence-corrected chi connectivity index (χ4v) is 9.03. The predicted octanol–water partition coefficient (Wildman–Crippen LogP) is 4.24. The maximum atomic E-state index is 11.9. The lowest BCUT2D eigenvalue weighted by atomic mass is 9.71. The van der Waals surface area contributed by atoms with Gasteiger partial charge in [0.2, 0.25) is 0 Å². The summed E-state index contributed by atoms with van der Waals surface area (Å²) < 4.78 is 6.96. The number of nitrogens with zero attached hydrogens (tertiary/aromatic N) is 1. The van der Waals surface area contributed by atoms with Gasteiger partial charge in [0.05, 0.1) is 6.07 Å². The average Bonchev–Trinajstić information content (AvgIpc) is 2.75. The standard InChI is InChI=1S/C25H29NO2Si/c1-24(2,3)29(22-13-6-4-7-14-22,23-15-8-5-9-16-23)28-18-21-12-10-11-17-25(21,19-26)20-27/h4-11,13-16,20-21H,12,17-18H2,1-3H3/t21-,25+/m1/s1. The SMILES string of the molecule is CC(C)(C)[Si](OC[C@H]1CC=CC[C@]1(C#N)C=O)(c1ccccc1)c1ccccc1. The number of hydrogen-bond donors (Lipinski definition) is 0. The van der Waals surface area contributed by atoms with Gasteiger partial charge in [0.15, 0.2) is 0 Å². The third-order valence-corrected chi connectivity index (χ3v) is 11.1. The lowest BCUT2D eigenvalue weighted by Gasteiger charge is -2.44. The molecule has 29 heavy (non-hydrogen) atoms. The smallest absolute Gasteiger partial charge is 0.261 e. The molecule has 0 unspecified atom stereocenters. The molecule has 0 amide bonds. The minimum Gasteiger partial charge on any atom is -0.407 e. The summed E-state index contributed by atoms with van der Waals surface area (Å²) in [5.74, 6) is -0.142. The Morgan fingerprint density at radius 3 is 2.07 bits per heavy atom. The van der Waals surface area contributed by atoms with Crippen LogP contribution in [-0.4, -0.2) is 21.2 Å². The van der Waals surface area contributed by atoms with Gasteiger partial charge < -0.3 is 9.22 Å². The van der Waals surface area contributed by atoms with Gasteiger partial charge in [-0.25, -0.2) is 0 Å². The number of carbonyl (C=O) groups excluding carboxylic acids is 1. The molecular formula is C25H29NO2Si. The maximum Gasteiger partial charge on any atom is 0.261 e. The zero-order valence-corrected chi connectivity index (χ0v) is 18.5. The van der Waals surface area contributed by atoms with Gasteiger partial charge in [-0.1, -0.05) is 93.6 Å². The molecule has 2 aromatic carbocycles. The van der Waals surface area contributed by atoms with Crippen LogP contribution in [0.3, 0.4) is 0 Å². The minimum atomic E-state index is -2.67. The Balaban J connectivity index is 2.08. The van der Waals surface area contributed by atoms with Crippen molar-refractivity contribution in [3.63, 3.8) is 0 Å². The van der Waals surface area contributed by atoms with Gasteiger partial charge in [0.25, 0.3) is 8.32 Å². The number of hydrogen-bond acceptors (Lipinski definition) is 3. The molecule has 0 N–H and O–H groups in total. The summed E-state index contributed by atoms with van der Waals surface area (Å²) in [6.07, 6.45) is 5.98. The van der Waals surface area contributed by atoms with Crippen LogP contribution in [0, 0.1) is 22.7 Å². The molecule has 1 aliphatic carbocycles. The second-order valence-electron chi connectivity index (χ2n) is 8.85. The first kappa shape index (κ1) is 21.2. The Labute approximate surface area is 175 Å². The molecule has 2 atom stereocenters. The van der Waals surface area contributed by atoms with Crippen LogP contribution in [0.25, 0.3) is 0 Å². The third kappa shape index (κ3) is 3.85. The van der Waals surface area contributed by atoms with Crippen LogP contribution in [-0.2, 0) is 9.22 Å². The Hall–Kier alpha value is -2.48. The summed E-state index contributed by atoms with van der Waals surface area (Å²) >= 11 is 0. The predicted molar refractivity (Wildman–Crippen MR) is 120 cm³/mol. The Kier molecular flexibility index (Phi) is 6.21.